The Labute approximate surface area is 101 Å². The van der Waals surface area contributed by atoms with Gasteiger partial charge in [0, 0.05) is 12.8 Å². The average molecular weight is 241 g/mol. The van der Waals surface area contributed by atoms with Gasteiger partial charge in [-0.2, -0.15) is 4.90 Å². The molecule has 1 aliphatic heterocycles. The number of likely N-dealkylation sites (tertiary alicyclic amines) is 1. The molecular weight excluding hydrogens is 222 g/mol. The molecule has 1 aliphatic rings. The zero-order valence-corrected chi connectivity index (χ0v) is 10.2. The quantitative estimate of drug-likeness (QED) is 0.528. The maximum absolute atomic E-state index is 11.4. The molecule has 0 aromatic carbocycles. The van der Waals surface area contributed by atoms with Gasteiger partial charge in [0.05, 0.1) is 6.61 Å². The van der Waals surface area contributed by atoms with Gasteiger partial charge in [-0.3, -0.25) is 9.59 Å². The summed E-state index contributed by atoms with van der Waals surface area (Å²) < 4.78 is 4.89. The molecule has 0 aromatic heterocycles. The van der Waals surface area contributed by atoms with Gasteiger partial charge in [-0.1, -0.05) is 32.6 Å². The number of imide groups is 3. The molecule has 1 fully saturated rings. The van der Waals surface area contributed by atoms with Crippen molar-refractivity contribution in [3.05, 3.63) is 0 Å². The van der Waals surface area contributed by atoms with Crippen LogP contribution in [-0.2, 0) is 14.3 Å². The molecule has 17 heavy (non-hydrogen) atoms. The molecule has 0 aliphatic carbocycles. The maximum atomic E-state index is 11.4. The van der Waals surface area contributed by atoms with Crippen LogP contribution < -0.4 is 0 Å². The molecule has 0 spiro atoms. The third kappa shape index (κ3) is 4.17. The molecule has 0 N–H and O–H groups in total. The van der Waals surface area contributed by atoms with Crippen molar-refractivity contribution in [1.29, 1.82) is 0 Å². The summed E-state index contributed by atoms with van der Waals surface area (Å²) in [6, 6.07) is 0. The summed E-state index contributed by atoms with van der Waals surface area (Å²) in [6.45, 7) is 2.41. The molecule has 5 heteroatoms. The minimum atomic E-state index is -0.812. The molecular formula is C12H19NO4. The summed E-state index contributed by atoms with van der Waals surface area (Å²) in [5.41, 5.74) is 0. The molecule has 0 radical (unpaired) electrons. The molecule has 1 heterocycles. The van der Waals surface area contributed by atoms with Crippen LogP contribution in [0.5, 0.6) is 0 Å². The van der Waals surface area contributed by atoms with E-state index in [1.165, 1.54) is 6.42 Å². The number of hydrogen-bond acceptors (Lipinski definition) is 4. The third-order valence-electron chi connectivity index (χ3n) is 2.71. The second kappa shape index (κ2) is 7.04. The lowest BCUT2D eigenvalue weighted by Crippen LogP contribution is -2.36. The summed E-state index contributed by atoms with van der Waals surface area (Å²) in [5.74, 6) is -0.906. The van der Waals surface area contributed by atoms with Gasteiger partial charge in [-0.25, -0.2) is 4.79 Å². The first-order valence-corrected chi connectivity index (χ1v) is 6.19. The highest BCUT2D eigenvalue weighted by Gasteiger charge is 2.35. The smallest absolute Gasteiger partial charge is 0.423 e. The van der Waals surface area contributed by atoms with Crippen molar-refractivity contribution in [2.75, 3.05) is 6.61 Å². The van der Waals surface area contributed by atoms with Crippen LogP contribution in [0.2, 0.25) is 0 Å². The van der Waals surface area contributed by atoms with Crippen molar-refractivity contribution in [3.8, 4) is 0 Å². The molecule has 1 rings (SSSR count). The Balaban J connectivity index is 2.17. The molecule has 0 unspecified atom stereocenters. The van der Waals surface area contributed by atoms with Crippen LogP contribution in [-0.4, -0.2) is 29.4 Å². The zero-order valence-electron chi connectivity index (χ0n) is 10.2. The fraction of sp³-hybridized carbons (Fsp3) is 0.750. The number of ether oxygens (including phenoxy) is 1. The Hall–Kier alpha value is -1.39. The van der Waals surface area contributed by atoms with E-state index in [0.717, 1.165) is 25.7 Å². The number of rotatable bonds is 6. The van der Waals surface area contributed by atoms with E-state index in [-0.39, 0.29) is 19.4 Å². The van der Waals surface area contributed by atoms with Gasteiger partial charge in [-0.15, -0.1) is 0 Å². The Morgan fingerprint density at radius 2 is 1.71 bits per heavy atom. The Kier molecular flexibility index (Phi) is 5.66. The van der Waals surface area contributed by atoms with E-state index in [1.807, 2.05) is 0 Å². The van der Waals surface area contributed by atoms with Crippen LogP contribution in [0.4, 0.5) is 4.79 Å². The summed E-state index contributed by atoms with van der Waals surface area (Å²) in [5, 5.41) is 0. The van der Waals surface area contributed by atoms with Gasteiger partial charge >= 0.3 is 6.09 Å². The minimum absolute atomic E-state index is 0.116. The lowest BCUT2D eigenvalue weighted by molar-refractivity contribution is -0.136. The van der Waals surface area contributed by atoms with Gasteiger partial charge < -0.3 is 4.74 Å². The van der Waals surface area contributed by atoms with Crippen LogP contribution in [0.15, 0.2) is 0 Å². The zero-order chi connectivity index (χ0) is 12.7. The molecule has 0 aromatic rings. The van der Waals surface area contributed by atoms with Crippen LogP contribution in [0.25, 0.3) is 0 Å². The normalized spacial score (nSPS) is 15.5. The standard InChI is InChI=1S/C12H19NO4/c1-2-3-4-5-6-9-17-12(16)13-10(14)7-8-11(13)15/h2-9H2,1H3. The van der Waals surface area contributed by atoms with Gasteiger partial charge in [0.15, 0.2) is 0 Å². The minimum Gasteiger partial charge on any atom is -0.449 e. The highest BCUT2D eigenvalue weighted by Crippen LogP contribution is 2.13. The van der Waals surface area contributed by atoms with Gasteiger partial charge in [0.2, 0.25) is 11.8 Å². The first kappa shape index (κ1) is 13.7. The van der Waals surface area contributed by atoms with E-state index in [1.54, 1.807) is 0 Å². The topological polar surface area (TPSA) is 63.7 Å². The van der Waals surface area contributed by atoms with Crippen LogP contribution in [0.1, 0.15) is 51.9 Å². The van der Waals surface area contributed by atoms with Crippen LogP contribution in [0, 0.1) is 0 Å². The predicted molar refractivity (Wildman–Crippen MR) is 61.2 cm³/mol. The summed E-state index contributed by atoms with van der Waals surface area (Å²) >= 11 is 0. The van der Waals surface area contributed by atoms with E-state index < -0.39 is 17.9 Å². The van der Waals surface area contributed by atoms with Gasteiger partial charge in [0.1, 0.15) is 0 Å². The van der Waals surface area contributed by atoms with E-state index in [0.29, 0.717) is 4.90 Å². The van der Waals surface area contributed by atoms with Crippen LogP contribution in [0.3, 0.4) is 0 Å². The number of unbranched alkanes of at least 4 members (excludes halogenated alkanes) is 4. The number of amides is 3. The Morgan fingerprint density at radius 1 is 1.12 bits per heavy atom. The molecule has 96 valence electrons. The van der Waals surface area contributed by atoms with E-state index in [2.05, 4.69) is 6.92 Å². The predicted octanol–water partition coefficient (Wildman–Crippen LogP) is 2.24. The number of nitrogens with zero attached hydrogens (tertiary/aromatic N) is 1. The summed E-state index contributed by atoms with van der Waals surface area (Å²) in [6.07, 6.45) is 4.66. The number of hydrogen-bond donors (Lipinski definition) is 0. The van der Waals surface area contributed by atoms with Crippen molar-refractivity contribution in [1.82, 2.24) is 4.90 Å². The first-order chi connectivity index (χ1) is 8.16. The summed E-state index contributed by atoms with van der Waals surface area (Å²) in [7, 11) is 0. The van der Waals surface area contributed by atoms with Gasteiger partial charge in [0.25, 0.3) is 0 Å². The largest absolute Gasteiger partial charge is 0.449 e. The number of carbonyl (C=O) groups is 3. The van der Waals surface area contributed by atoms with E-state index >= 15 is 0 Å². The lowest BCUT2D eigenvalue weighted by atomic mass is 10.2. The van der Waals surface area contributed by atoms with E-state index in [9.17, 15) is 14.4 Å². The average Bonchev–Trinajstić information content (AvgIpc) is 2.63. The van der Waals surface area contributed by atoms with Crippen molar-refractivity contribution < 1.29 is 19.1 Å². The van der Waals surface area contributed by atoms with E-state index in [4.69, 9.17) is 4.74 Å². The molecule has 0 saturated carbocycles. The monoisotopic (exact) mass is 241 g/mol. The Morgan fingerprint density at radius 3 is 2.29 bits per heavy atom. The van der Waals surface area contributed by atoms with Crippen molar-refractivity contribution in [2.45, 2.75) is 51.9 Å². The fourth-order valence-electron chi connectivity index (χ4n) is 1.71. The van der Waals surface area contributed by atoms with Gasteiger partial charge in [-0.05, 0) is 6.42 Å². The molecule has 5 nitrogen and oxygen atoms in total. The number of carbonyl (C=O) groups excluding carboxylic acids is 3. The molecule has 0 atom stereocenters. The van der Waals surface area contributed by atoms with Crippen molar-refractivity contribution in [2.24, 2.45) is 0 Å². The molecule has 1 saturated heterocycles. The third-order valence-corrected chi connectivity index (χ3v) is 2.71. The second-order valence-electron chi connectivity index (χ2n) is 4.15. The fourth-order valence-corrected chi connectivity index (χ4v) is 1.71. The highest BCUT2D eigenvalue weighted by molar-refractivity contribution is 6.13. The molecule has 0 bridgehead atoms. The van der Waals surface area contributed by atoms with Crippen LogP contribution >= 0.6 is 0 Å². The van der Waals surface area contributed by atoms with Crippen molar-refractivity contribution >= 4 is 17.9 Å². The highest BCUT2D eigenvalue weighted by atomic mass is 16.6. The second-order valence-corrected chi connectivity index (χ2v) is 4.15. The lowest BCUT2D eigenvalue weighted by Gasteiger charge is -2.11. The maximum Gasteiger partial charge on any atom is 0.423 e. The van der Waals surface area contributed by atoms with Crippen molar-refractivity contribution in [3.63, 3.8) is 0 Å². The summed E-state index contributed by atoms with van der Waals surface area (Å²) in [4.78, 5) is 34.4. The first-order valence-electron chi connectivity index (χ1n) is 6.19. The molecule has 3 amide bonds. The SMILES string of the molecule is CCCCCCCOC(=O)N1C(=O)CCC1=O. The Bertz CT molecular complexity index is 285.